The molecule has 0 saturated carbocycles. The van der Waals surface area contributed by atoms with Crippen LogP contribution in [0.3, 0.4) is 0 Å². The number of hydrogen-bond acceptors (Lipinski definition) is 4. The highest BCUT2D eigenvalue weighted by Crippen LogP contribution is 2.27. The van der Waals surface area contributed by atoms with Crippen LogP contribution in [0.5, 0.6) is 0 Å². The van der Waals surface area contributed by atoms with E-state index in [1.807, 2.05) is 36.2 Å². The largest absolute Gasteiger partial charge is 0.340 e. The standard InChI is InChI=1S/C20H29N3O2S/c1-20(2,3)15-7-5-14(6-8-15)18(24)23-13-26-12-17(23)19(25)22(4)16-9-10-21-11-16/h5-8,16-17,21H,9-13H2,1-4H3. The van der Waals surface area contributed by atoms with Gasteiger partial charge in [0.25, 0.3) is 5.91 Å². The van der Waals surface area contributed by atoms with E-state index in [2.05, 4.69) is 26.1 Å². The molecule has 0 bridgehead atoms. The van der Waals surface area contributed by atoms with Gasteiger partial charge in [0, 0.05) is 31.0 Å². The Morgan fingerprint density at radius 2 is 1.92 bits per heavy atom. The summed E-state index contributed by atoms with van der Waals surface area (Å²) in [6.07, 6.45) is 0.977. The Hall–Kier alpha value is -1.53. The number of nitrogens with one attached hydrogen (secondary N) is 1. The number of thioether (sulfide) groups is 1. The van der Waals surface area contributed by atoms with Gasteiger partial charge in [0.1, 0.15) is 6.04 Å². The number of amides is 2. The van der Waals surface area contributed by atoms with E-state index in [0.717, 1.165) is 19.5 Å². The average molecular weight is 376 g/mol. The minimum absolute atomic E-state index is 0.0493. The molecular formula is C20H29N3O2S. The number of nitrogens with zero attached hydrogens (tertiary/aromatic N) is 2. The van der Waals surface area contributed by atoms with Gasteiger partial charge in [-0.05, 0) is 36.1 Å². The molecule has 2 unspecified atom stereocenters. The van der Waals surface area contributed by atoms with Crippen molar-refractivity contribution in [3.05, 3.63) is 35.4 Å². The van der Waals surface area contributed by atoms with Crippen molar-refractivity contribution in [1.82, 2.24) is 15.1 Å². The number of carbonyl (C=O) groups is 2. The van der Waals surface area contributed by atoms with Gasteiger partial charge in [-0.25, -0.2) is 0 Å². The molecule has 26 heavy (non-hydrogen) atoms. The highest BCUT2D eigenvalue weighted by atomic mass is 32.2. The van der Waals surface area contributed by atoms with Crippen LogP contribution < -0.4 is 5.32 Å². The SMILES string of the molecule is CN(C(=O)C1CSCN1C(=O)c1ccc(C(C)(C)C)cc1)C1CCNC1. The van der Waals surface area contributed by atoms with Crippen LogP contribution in [0, 0.1) is 0 Å². The summed E-state index contributed by atoms with van der Waals surface area (Å²) in [7, 11) is 1.86. The number of likely N-dealkylation sites (N-methyl/N-ethyl adjacent to an activating group) is 1. The van der Waals surface area contributed by atoms with E-state index in [0.29, 0.717) is 17.2 Å². The highest BCUT2D eigenvalue weighted by Gasteiger charge is 2.38. The Balaban J connectivity index is 1.72. The molecule has 1 aromatic carbocycles. The van der Waals surface area contributed by atoms with E-state index in [-0.39, 0.29) is 29.3 Å². The Bertz CT molecular complexity index is 663. The van der Waals surface area contributed by atoms with Crippen molar-refractivity contribution in [1.29, 1.82) is 0 Å². The molecule has 2 aliphatic heterocycles. The molecule has 1 N–H and O–H groups in total. The van der Waals surface area contributed by atoms with Crippen LogP contribution in [0.25, 0.3) is 0 Å². The first-order chi connectivity index (χ1) is 12.3. The molecule has 2 saturated heterocycles. The van der Waals surface area contributed by atoms with Gasteiger partial charge < -0.3 is 15.1 Å². The number of benzene rings is 1. The molecule has 2 amide bonds. The van der Waals surface area contributed by atoms with Crippen LogP contribution in [-0.4, -0.2) is 65.5 Å². The molecular weight excluding hydrogens is 346 g/mol. The number of rotatable bonds is 3. The fourth-order valence-electron chi connectivity index (χ4n) is 3.51. The minimum atomic E-state index is -0.361. The lowest BCUT2D eigenvalue weighted by atomic mass is 9.86. The summed E-state index contributed by atoms with van der Waals surface area (Å²) >= 11 is 1.65. The number of hydrogen-bond donors (Lipinski definition) is 1. The van der Waals surface area contributed by atoms with Gasteiger partial charge in [-0.3, -0.25) is 9.59 Å². The monoisotopic (exact) mass is 375 g/mol. The topological polar surface area (TPSA) is 52.7 Å². The van der Waals surface area contributed by atoms with Crippen LogP contribution in [0.15, 0.2) is 24.3 Å². The Labute approximate surface area is 160 Å². The van der Waals surface area contributed by atoms with Crippen LogP contribution in [0.4, 0.5) is 0 Å². The van der Waals surface area contributed by atoms with Crippen LogP contribution in [0.2, 0.25) is 0 Å². The third-order valence-corrected chi connectivity index (χ3v) is 6.37. The second-order valence-corrected chi connectivity index (χ2v) is 9.21. The molecule has 2 aliphatic rings. The molecule has 0 spiro atoms. The molecule has 0 aliphatic carbocycles. The summed E-state index contributed by atoms with van der Waals surface area (Å²) < 4.78 is 0. The van der Waals surface area contributed by atoms with Crippen molar-refractivity contribution in [3.63, 3.8) is 0 Å². The van der Waals surface area contributed by atoms with Crippen molar-refractivity contribution in [2.45, 2.75) is 44.7 Å². The maximum atomic E-state index is 13.0. The second-order valence-electron chi connectivity index (χ2n) is 8.21. The molecule has 1 aromatic rings. The lowest BCUT2D eigenvalue weighted by Gasteiger charge is -2.30. The minimum Gasteiger partial charge on any atom is -0.340 e. The van der Waals surface area contributed by atoms with Gasteiger partial charge in [-0.2, -0.15) is 0 Å². The fraction of sp³-hybridized carbons (Fsp3) is 0.600. The first-order valence-electron chi connectivity index (χ1n) is 9.25. The number of carbonyl (C=O) groups excluding carboxylic acids is 2. The highest BCUT2D eigenvalue weighted by molar-refractivity contribution is 7.99. The van der Waals surface area contributed by atoms with Crippen molar-refractivity contribution < 1.29 is 9.59 Å². The van der Waals surface area contributed by atoms with Gasteiger partial charge in [0.15, 0.2) is 0 Å². The van der Waals surface area contributed by atoms with Crippen LogP contribution in [0.1, 0.15) is 43.1 Å². The summed E-state index contributed by atoms with van der Waals surface area (Å²) in [4.78, 5) is 29.5. The van der Waals surface area contributed by atoms with Crippen molar-refractivity contribution in [3.8, 4) is 0 Å². The molecule has 142 valence electrons. The zero-order chi connectivity index (χ0) is 18.9. The summed E-state index contributed by atoms with van der Waals surface area (Å²) in [6, 6.07) is 7.68. The smallest absolute Gasteiger partial charge is 0.255 e. The fourth-order valence-corrected chi connectivity index (χ4v) is 4.66. The van der Waals surface area contributed by atoms with E-state index in [1.54, 1.807) is 16.7 Å². The zero-order valence-electron chi connectivity index (χ0n) is 16.1. The summed E-state index contributed by atoms with van der Waals surface area (Å²) in [5.41, 5.74) is 1.91. The van der Waals surface area contributed by atoms with Crippen LogP contribution in [-0.2, 0) is 10.2 Å². The van der Waals surface area contributed by atoms with E-state index in [9.17, 15) is 9.59 Å². The van der Waals surface area contributed by atoms with Gasteiger partial charge >= 0.3 is 0 Å². The molecule has 6 heteroatoms. The van der Waals surface area contributed by atoms with E-state index in [4.69, 9.17) is 0 Å². The molecule has 3 rings (SSSR count). The maximum Gasteiger partial charge on any atom is 0.255 e. The molecule has 0 aromatic heterocycles. The summed E-state index contributed by atoms with van der Waals surface area (Å²) in [5.74, 6) is 1.26. The van der Waals surface area contributed by atoms with Crippen molar-refractivity contribution >= 4 is 23.6 Å². The predicted molar refractivity (Wildman–Crippen MR) is 106 cm³/mol. The summed E-state index contributed by atoms with van der Waals surface area (Å²) in [6.45, 7) is 8.25. The molecule has 2 fully saturated rings. The average Bonchev–Trinajstić information content (AvgIpc) is 3.30. The Kier molecular flexibility index (Phi) is 5.63. The molecule has 2 heterocycles. The van der Waals surface area contributed by atoms with E-state index < -0.39 is 0 Å². The Morgan fingerprint density at radius 3 is 2.50 bits per heavy atom. The van der Waals surface area contributed by atoms with Gasteiger partial charge in [-0.1, -0.05) is 32.9 Å². The Morgan fingerprint density at radius 1 is 1.23 bits per heavy atom. The summed E-state index contributed by atoms with van der Waals surface area (Å²) in [5, 5.41) is 3.30. The molecule has 5 nitrogen and oxygen atoms in total. The first-order valence-corrected chi connectivity index (χ1v) is 10.4. The molecule has 0 radical (unpaired) electrons. The first kappa shape index (κ1) is 19.2. The van der Waals surface area contributed by atoms with E-state index in [1.165, 1.54) is 5.56 Å². The third kappa shape index (κ3) is 3.91. The zero-order valence-corrected chi connectivity index (χ0v) is 16.9. The predicted octanol–water partition coefficient (Wildman–Crippen LogP) is 2.32. The van der Waals surface area contributed by atoms with Crippen molar-refractivity contribution in [2.24, 2.45) is 0 Å². The maximum absolute atomic E-state index is 13.0. The van der Waals surface area contributed by atoms with Gasteiger partial charge in [0.05, 0.1) is 5.88 Å². The van der Waals surface area contributed by atoms with Crippen LogP contribution >= 0.6 is 11.8 Å². The molecule has 2 atom stereocenters. The lowest BCUT2D eigenvalue weighted by molar-refractivity contribution is -0.135. The van der Waals surface area contributed by atoms with E-state index >= 15 is 0 Å². The second kappa shape index (κ2) is 7.61. The lowest BCUT2D eigenvalue weighted by Crippen LogP contribution is -2.51. The van der Waals surface area contributed by atoms with Gasteiger partial charge in [0.2, 0.25) is 5.91 Å². The van der Waals surface area contributed by atoms with Crippen molar-refractivity contribution in [2.75, 3.05) is 31.8 Å². The normalized spacial score (nSPS) is 23.3. The van der Waals surface area contributed by atoms with Gasteiger partial charge in [-0.15, -0.1) is 11.8 Å². The quantitative estimate of drug-likeness (QED) is 0.881. The third-order valence-electron chi connectivity index (χ3n) is 5.36.